The quantitative estimate of drug-likeness (QED) is 0.604. The molecule has 1 N–H and O–H groups in total. The molecule has 0 aliphatic carbocycles. The van der Waals surface area contributed by atoms with Crippen molar-refractivity contribution >= 4 is 22.9 Å². The second-order valence-electron chi connectivity index (χ2n) is 2.89. The topological polar surface area (TPSA) is 59.2 Å². The first-order valence-electron chi connectivity index (χ1n) is 4.16. The molecule has 0 radical (unpaired) electrons. The molecule has 0 aliphatic heterocycles. The van der Waals surface area contributed by atoms with Crippen LogP contribution in [0, 0.1) is 6.92 Å². The Labute approximate surface area is 85.4 Å². The SMILES string of the molecule is CSc1nc(C)c2cc(CO)oc2n1. The lowest BCUT2D eigenvalue weighted by atomic mass is 10.3. The van der Waals surface area contributed by atoms with E-state index in [1.807, 2.05) is 13.2 Å². The molecule has 2 aromatic rings. The van der Waals surface area contributed by atoms with Crippen LogP contribution in [-0.2, 0) is 6.61 Å². The van der Waals surface area contributed by atoms with Gasteiger partial charge in [-0.1, -0.05) is 11.8 Å². The third-order valence-electron chi connectivity index (χ3n) is 1.95. The molecule has 14 heavy (non-hydrogen) atoms. The van der Waals surface area contributed by atoms with Crippen LogP contribution in [-0.4, -0.2) is 21.3 Å². The Morgan fingerprint density at radius 1 is 1.50 bits per heavy atom. The van der Waals surface area contributed by atoms with Crippen LogP contribution in [0.2, 0.25) is 0 Å². The highest BCUT2D eigenvalue weighted by atomic mass is 32.2. The second-order valence-corrected chi connectivity index (χ2v) is 3.66. The highest BCUT2D eigenvalue weighted by Gasteiger charge is 2.09. The lowest BCUT2D eigenvalue weighted by Gasteiger charge is -1.96. The Hall–Kier alpha value is -1.07. The lowest BCUT2D eigenvalue weighted by molar-refractivity contribution is 0.250. The molecule has 5 heteroatoms. The minimum atomic E-state index is -0.107. The van der Waals surface area contributed by atoms with Gasteiger partial charge >= 0.3 is 0 Å². The fourth-order valence-electron chi connectivity index (χ4n) is 1.26. The standard InChI is InChI=1S/C9H10N2O2S/c1-5-7-3-6(4-12)13-8(7)11-9(10-5)14-2/h3,12H,4H2,1-2H3. The Balaban J connectivity index is 2.67. The molecule has 0 fully saturated rings. The number of hydrogen-bond donors (Lipinski definition) is 1. The molecule has 0 atom stereocenters. The number of nitrogens with zero attached hydrogens (tertiary/aromatic N) is 2. The van der Waals surface area contributed by atoms with E-state index in [0.29, 0.717) is 16.6 Å². The second kappa shape index (κ2) is 3.59. The smallest absolute Gasteiger partial charge is 0.230 e. The van der Waals surface area contributed by atoms with Gasteiger partial charge in [-0.25, -0.2) is 4.98 Å². The molecule has 74 valence electrons. The molecule has 0 spiro atoms. The molecule has 0 aromatic carbocycles. The fourth-order valence-corrected chi connectivity index (χ4v) is 1.66. The summed E-state index contributed by atoms with van der Waals surface area (Å²) in [5.74, 6) is 0.524. The predicted octanol–water partition coefficient (Wildman–Crippen LogP) is 1.75. The van der Waals surface area contributed by atoms with Crippen molar-refractivity contribution in [3.05, 3.63) is 17.5 Å². The molecule has 0 amide bonds. The van der Waals surface area contributed by atoms with E-state index in [0.717, 1.165) is 11.1 Å². The number of fused-ring (bicyclic) bond motifs is 1. The largest absolute Gasteiger partial charge is 0.440 e. The highest BCUT2D eigenvalue weighted by molar-refractivity contribution is 7.98. The van der Waals surface area contributed by atoms with Crippen LogP contribution in [0.1, 0.15) is 11.5 Å². The van der Waals surface area contributed by atoms with E-state index in [9.17, 15) is 0 Å². The molecule has 2 aromatic heterocycles. The molecule has 2 heterocycles. The van der Waals surface area contributed by atoms with E-state index < -0.39 is 0 Å². The first kappa shape index (κ1) is 9.48. The Morgan fingerprint density at radius 2 is 2.29 bits per heavy atom. The Morgan fingerprint density at radius 3 is 2.93 bits per heavy atom. The maximum absolute atomic E-state index is 8.91. The molecular weight excluding hydrogens is 200 g/mol. The molecule has 0 saturated carbocycles. The maximum atomic E-state index is 8.91. The molecule has 0 unspecified atom stereocenters. The van der Waals surface area contributed by atoms with Gasteiger partial charge in [0, 0.05) is 0 Å². The zero-order valence-electron chi connectivity index (χ0n) is 7.94. The van der Waals surface area contributed by atoms with Crippen molar-refractivity contribution in [2.75, 3.05) is 6.26 Å². The van der Waals surface area contributed by atoms with Crippen LogP contribution in [0.15, 0.2) is 15.6 Å². The minimum Gasteiger partial charge on any atom is -0.440 e. The summed E-state index contributed by atoms with van der Waals surface area (Å²) in [5, 5.41) is 10.5. The van der Waals surface area contributed by atoms with Crippen molar-refractivity contribution in [1.82, 2.24) is 9.97 Å². The lowest BCUT2D eigenvalue weighted by Crippen LogP contribution is -1.88. The van der Waals surface area contributed by atoms with Crippen LogP contribution in [0.5, 0.6) is 0 Å². The summed E-state index contributed by atoms with van der Waals surface area (Å²) in [5.41, 5.74) is 1.42. The van der Waals surface area contributed by atoms with Gasteiger partial charge in [-0.05, 0) is 19.2 Å². The van der Waals surface area contributed by atoms with Crippen molar-refractivity contribution < 1.29 is 9.52 Å². The van der Waals surface area contributed by atoms with E-state index >= 15 is 0 Å². The molecule has 4 nitrogen and oxygen atoms in total. The van der Waals surface area contributed by atoms with Crippen molar-refractivity contribution in [3.8, 4) is 0 Å². The van der Waals surface area contributed by atoms with Gasteiger partial charge in [-0.3, -0.25) is 0 Å². The summed E-state index contributed by atoms with van der Waals surface area (Å²) in [6, 6.07) is 1.77. The van der Waals surface area contributed by atoms with Crippen LogP contribution in [0.4, 0.5) is 0 Å². The summed E-state index contributed by atoms with van der Waals surface area (Å²) in [4.78, 5) is 8.47. The van der Waals surface area contributed by atoms with Crippen molar-refractivity contribution in [1.29, 1.82) is 0 Å². The van der Waals surface area contributed by atoms with Crippen molar-refractivity contribution in [2.45, 2.75) is 18.7 Å². The van der Waals surface area contributed by atoms with Gasteiger partial charge in [0.1, 0.15) is 12.4 Å². The number of thioether (sulfide) groups is 1. The summed E-state index contributed by atoms with van der Waals surface area (Å²) in [6.07, 6.45) is 1.91. The van der Waals surface area contributed by atoms with Crippen LogP contribution < -0.4 is 0 Å². The number of rotatable bonds is 2. The maximum Gasteiger partial charge on any atom is 0.230 e. The number of aryl methyl sites for hydroxylation is 1. The fraction of sp³-hybridized carbons (Fsp3) is 0.333. The van der Waals surface area contributed by atoms with Gasteiger partial charge in [-0.15, -0.1) is 0 Å². The molecule has 0 aliphatic rings. The highest BCUT2D eigenvalue weighted by Crippen LogP contribution is 2.22. The average Bonchev–Trinajstić information content (AvgIpc) is 2.61. The first-order valence-corrected chi connectivity index (χ1v) is 5.39. The minimum absolute atomic E-state index is 0.107. The zero-order chi connectivity index (χ0) is 10.1. The Kier molecular flexibility index (Phi) is 2.43. The van der Waals surface area contributed by atoms with Gasteiger partial charge < -0.3 is 9.52 Å². The number of furan rings is 1. The molecule has 2 rings (SSSR count). The Bertz CT molecular complexity index is 467. The summed E-state index contributed by atoms with van der Waals surface area (Å²) < 4.78 is 5.33. The van der Waals surface area contributed by atoms with E-state index in [4.69, 9.17) is 9.52 Å². The normalized spacial score (nSPS) is 11.1. The van der Waals surface area contributed by atoms with Gasteiger partial charge in [0.05, 0.1) is 11.1 Å². The molecule has 0 bridgehead atoms. The number of hydrogen-bond acceptors (Lipinski definition) is 5. The van der Waals surface area contributed by atoms with E-state index in [1.54, 1.807) is 6.07 Å². The van der Waals surface area contributed by atoms with Gasteiger partial charge in [0.25, 0.3) is 0 Å². The summed E-state index contributed by atoms with van der Waals surface area (Å²) in [6.45, 7) is 1.80. The third kappa shape index (κ3) is 1.49. The number of aliphatic hydroxyl groups is 1. The van der Waals surface area contributed by atoms with Crippen LogP contribution in [0.3, 0.4) is 0 Å². The first-order chi connectivity index (χ1) is 6.74. The number of aliphatic hydroxyl groups excluding tert-OH is 1. The summed E-state index contributed by atoms with van der Waals surface area (Å²) in [7, 11) is 0. The zero-order valence-corrected chi connectivity index (χ0v) is 8.76. The van der Waals surface area contributed by atoms with Crippen LogP contribution >= 0.6 is 11.8 Å². The van der Waals surface area contributed by atoms with Gasteiger partial charge in [-0.2, -0.15) is 4.98 Å². The molecular formula is C9H10N2O2S. The van der Waals surface area contributed by atoms with Crippen molar-refractivity contribution in [2.24, 2.45) is 0 Å². The summed E-state index contributed by atoms with van der Waals surface area (Å²) >= 11 is 1.47. The third-order valence-corrected chi connectivity index (χ3v) is 2.50. The van der Waals surface area contributed by atoms with Crippen LogP contribution in [0.25, 0.3) is 11.1 Å². The van der Waals surface area contributed by atoms with Gasteiger partial charge in [0.2, 0.25) is 5.71 Å². The predicted molar refractivity (Wildman–Crippen MR) is 54.2 cm³/mol. The molecule has 0 saturated heterocycles. The van der Waals surface area contributed by atoms with E-state index in [-0.39, 0.29) is 6.61 Å². The van der Waals surface area contributed by atoms with Gasteiger partial charge in [0.15, 0.2) is 5.16 Å². The average molecular weight is 210 g/mol. The van der Waals surface area contributed by atoms with Crippen molar-refractivity contribution in [3.63, 3.8) is 0 Å². The van der Waals surface area contributed by atoms with E-state index in [1.165, 1.54) is 11.8 Å². The monoisotopic (exact) mass is 210 g/mol. The van der Waals surface area contributed by atoms with E-state index in [2.05, 4.69) is 9.97 Å². The number of aromatic nitrogens is 2.